The van der Waals surface area contributed by atoms with Crippen LogP contribution in [0.3, 0.4) is 0 Å². The van der Waals surface area contributed by atoms with E-state index in [2.05, 4.69) is 25.9 Å². The molecule has 5 rings (SSSR count). The fourth-order valence-electron chi connectivity index (χ4n) is 3.58. The Morgan fingerprint density at radius 2 is 1.76 bits per heavy atom. The van der Waals surface area contributed by atoms with Crippen molar-refractivity contribution in [2.75, 3.05) is 31.9 Å². The van der Waals surface area contributed by atoms with Gasteiger partial charge in [-0.2, -0.15) is 0 Å². The maximum Gasteiger partial charge on any atom is 0.233 e. The van der Waals surface area contributed by atoms with Gasteiger partial charge in [0.15, 0.2) is 4.34 Å². The molecule has 3 heterocycles. The average Bonchev–Trinajstić information content (AvgIpc) is 3.35. The summed E-state index contributed by atoms with van der Waals surface area (Å²) in [5.74, 6) is 1.62. The number of benzene rings is 2. The van der Waals surface area contributed by atoms with Crippen molar-refractivity contribution in [1.82, 2.24) is 24.8 Å². The van der Waals surface area contributed by atoms with Gasteiger partial charge < -0.3 is 9.88 Å². The molecule has 1 N–H and O–H groups in total. The molecule has 0 spiro atoms. The number of imidazole rings is 1. The highest BCUT2D eigenvalue weighted by Gasteiger charge is 2.22. The minimum atomic E-state index is 0.192. The number of aromatic amines is 1. The molecule has 0 radical (unpaired) electrons. The van der Waals surface area contributed by atoms with Crippen molar-refractivity contribution < 1.29 is 4.79 Å². The molecule has 4 aromatic rings. The largest absolute Gasteiger partial charge is 0.341 e. The number of rotatable bonds is 5. The van der Waals surface area contributed by atoms with Crippen LogP contribution in [0.25, 0.3) is 21.3 Å². The third-order valence-electron chi connectivity index (χ3n) is 5.13. The van der Waals surface area contributed by atoms with Crippen molar-refractivity contribution in [2.45, 2.75) is 10.9 Å². The standard InChI is InChI=1S/C21H21N5OS2/c27-20(14-28-21-24-17-7-3-4-8-18(17)29-21)26-11-9-25(10-12-26)13-19-22-15-5-1-2-6-16(15)23-19/h1-8H,9-14H2,(H,22,23). The van der Waals surface area contributed by atoms with Gasteiger partial charge in [0, 0.05) is 26.2 Å². The lowest BCUT2D eigenvalue weighted by atomic mass is 10.3. The molecule has 148 valence electrons. The number of H-pyrrole nitrogens is 1. The van der Waals surface area contributed by atoms with Crippen LogP contribution in [0.5, 0.6) is 0 Å². The van der Waals surface area contributed by atoms with E-state index in [4.69, 9.17) is 0 Å². The van der Waals surface area contributed by atoms with Gasteiger partial charge in [0.2, 0.25) is 5.91 Å². The molecule has 0 atom stereocenters. The number of para-hydroxylation sites is 3. The normalized spacial score (nSPS) is 15.4. The molecule has 0 saturated carbocycles. The number of thioether (sulfide) groups is 1. The van der Waals surface area contributed by atoms with Gasteiger partial charge in [-0.15, -0.1) is 11.3 Å². The van der Waals surface area contributed by atoms with Crippen LogP contribution < -0.4 is 0 Å². The van der Waals surface area contributed by atoms with Gasteiger partial charge in [0.25, 0.3) is 0 Å². The lowest BCUT2D eigenvalue weighted by Gasteiger charge is -2.34. The first-order valence-electron chi connectivity index (χ1n) is 9.67. The number of amides is 1. The molecule has 1 fully saturated rings. The van der Waals surface area contributed by atoms with E-state index in [-0.39, 0.29) is 5.91 Å². The van der Waals surface area contributed by atoms with Crippen LogP contribution in [0.15, 0.2) is 52.9 Å². The van der Waals surface area contributed by atoms with Gasteiger partial charge in [-0.05, 0) is 24.3 Å². The Labute approximate surface area is 176 Å². The number of nitrogens with one attached hydrogen (secondary N) is 1. The third-order valence-corrected chi connectivity index (χ3v) is 7.29. The van der Waals surface area contributed by atoms with E-state index >= 15 is 0 Å². The number of nitrogens with zero attached hydrogens (tertiary/aromatic N) is 4. The van der Waals surface area contributed by atoms with Crippen molar-refractivity contribution in [3.63, 3.8) is 0 Å². The van der Waals surface area contributed by atoms with Crippen molar-refractivity contribution in [2.24, 2.45) is 0 Å². The van der Waals surface area contributed by atoms with Gasteiger partial charge in [0.1, 0.15) is 5.82 Å². The summed E-state index contributed by atoms with van der Waals surface area (Å²) in [4.78, 5) is 29.6. The lowest BCUT2D eigenvalue weighted by molar-refractivity contribution is -0.130. The Morgan fingerprint density at radius 3 is 2.55 bits per heavy atom. The molecule has 0 unspecified atom stereocenters. The zero-order valence-corrected chi connectivity index (χ0v) is 17.5. The summed E-state index contributed by atoms with van der Waals surface area (Å²) in [7, 11) is 0. The zero-order chi connectivity index (χ0) is 19.6. The lowest BCUT2D eigenvalue weighted by Crippen LogP contribution is -2.48. The second kappa shape index (κ2) is 8.14. The fourth-order valence-corrected chi connectivity index (χ4v) is 5.55. The topological polar surface area (TPSA) is 65.1 Å². The maximum absolute atomic E-state index is 12.6. The Morgan fingerprint density at radius 1 is 1.00 bits per heavy atom. The first-order valence-corrected chi connectivity index (χ1v) is 11.5. The molecule has 29 heavy (non-hydrogen) atoms. The van der Waals surface area contributed by atoms with Gasteiger partial charge in [-0.25, -0.2) is 9.97 Å². The molecular formula is C21H21N5OS2. The minimum absolute atomic E-state index is 0.192. The van der Waals surface area contributed by atoms with Crippen LogP contribution in [0.4, 0.5) is 0 Å². The number of hydrogen-bond acceptors (Lipinski definition) is 6. The van der Waals surface area contributed by atoms with Crippen LogP contribution >= 0.6 is 23.1 Å². The predicted octanol–water partition coefficient (Wildman–Crippen LogP) is 3.61. The summed E-state index contributed by atoms with van der Waals surface area (Å²) in [6, 6.07) is 16.2. The number of thiazole rings is 1. The molecule has 1 saturated heterocycles. The van der Waals surface area contributed by atoms with Crippen LogP contribution in [0.1, 0.15) is 5.82 Å². The summed E-state index contributed by atoms with van der Waals surface area (Å²) in [6.07, 6.45) is 0. The van der Waals surface area contributed by atoms with Crippen molar-refractivity contribution >= 4 is 50.3 Å². The highest BCUT2D eigenvalue weighted by molar-refractivity contribution is 8.01. The molecule has 2 aromatic carbocycles. The average molecular weight is 424 g/mol. The van der Waals surface area contributed by atoms with E-state index in [0.29, 0.717) is 5.75 Å². The Bertz CT molecular complexity index is 1080. The smallest absolute Gasteiger partial charge is 0.233 e. The number of aromatic nitrogens is 3. The summed E-state index contributed by atoms with van der Waals surface area (Å²) >= 11 is 3.19. The van der Waals surface area contributed by atoms with Gasteiger partial charge in [-0.1, -0.05) is 36.0 Å². The third kappa shape index (κ3) is 4.14. The van der Waals surface area contributed by atoms with Crippen LogP contribution in [-0.4, -0.2) is 62.6 Å². The molecule has 1 aliphatic rings. The van der Waals surface area contributed by atoms with Crippen LogP contribution in [-0.2, 0) is 11.3 Å². The zero-order valence-electron chi connectivity index (χ0n) is 15.9. The number of fused-ring (bicyclic) bond motifs is 2. The Balaban J connectivity index is 1.12. The second-order valence-electron chi connectivity index (χ2n) is 7.09. The first kappa shape index (κ1) is 18.6. The summed E-state index contributed by atoms with van der Waals surface area (Å²) < 4.78 is 2.13. The van der Waals surface area contributed by atoms with Gasteiger partial charge in [0.05, 0.1) is 33.5 Å². The molecular weight excluding hydrogens is 402 g/mol. The number of carbonyl (C=O) groups is 1. The Hall–Kier alpha value is -2.42. The van der Waals surface area contributed by atoms with Crippen molar-refractivity contribution in [3.05, 3.63) is 54.4 Å². The molecule has 6 nitrogen and oxygen atoms in total. The summed E-state index contributed by atoms with van der Waals surface area (Å²) in [5, 5.41) is 0. The van der Waals surface area contributed by atoms with Gasteiger partial charge in [-0.3, -0.25) is 9.69 Å². The number of piperazine rings is 1. The fraction of sp³-hybridized carbons (Fsp3) is 0.286. The molecule has 8 heteroatoms. The number of hydrogen-bond donors (Lipinski definition) is 1. The van der Waals surface area contributed by atoms with E-state index in [1.807, 2.05) is 47.4 Å². The van der Waals surface area contributed by atoms with E-state index < -0.39 is 0 Å². The predicted molar refractivity (Wildman–Crippen MR) is 118 cm³/mol. The molecule has 1 amide bonds. The van der Waals surface area contributed by atoms with Gasteiger partial charge >= 0.3 is 0 Å². The minimum Gasteiger partial charge on any atom is -0.341 e. The van der Waals surface area contributed by atoms with Crippen molar-refractivity contribution in [1.29, 1.82) is 0 Å². The second-order valence-corrected chi connectivity index (χ2v) is 9.35. The Kier molecular flexibility index (Phi) is 5.22. The molecule has 0 aliphatic carbocycles. The monoisotopic (exact) mass is 423 g/mol. The van der Waals surface area contributed by atoms with Crippen molar-refractivity contribution in [3.8, 4) is 0 Å². The van der Waals surface area contributed by atoms with E-state index in [9.17, 15) is 4.79 Å². The highest BCUT2D eigenvalue weighted by Crippen LogP contribution is 2.29. The summed E-state index contributed by atoms with van der Waals surface area (Å²) in [6.45, 7) is 4.05. The summed E-state index contributed by atoms with van der Waals surface area (Å²) in [5.41, 5.74) is 3.08. The SMILES string of the molecule is O=C(CSc1nc2ccccc2s1)N1CCN(Cc2nc3ccccc3[nH]2)CC1. The van der Waals surface area contributed by atoms with E-state index in [0.717, 1.165) is 59.4 Å². The molecule has 2 aromatic heterocycles. The number of carbonyl (C=O) groups excluding carboxylic acids is 1. The molecule has 0 bridgehead atoms. The quantitative estimate of drug-likeness (QED) is 0.497. The maximum atomic E-state index is 12.6. The highest BCUT2D eigenvalue weighted by atomic mass is 32.2. The van der Waals surface area contributed by atoms with E-state index in [1.54, 1.807) is 23.1 Å². The first-order chi connectivity index (χ1) is 14.2. The molecule has 1 aliphatic heterocycles. The van der Waals surface area contributed by atoms with E-state index in [1.165, 1.54) is 4.70 Å². The van der Waals surface area contributed by atoms with Crippen LogP contribution in [0, 0.1) is 0 Å². The van der Waals surface area contributed by atoms with Crippen LogP contribution in [0.2, 0.25) is 0 Å².